The highest BCUT2D eigenvalue weighted by molar-refractivity contribution is 7.98. The molecule has 0 fully saturated rings. The maximum Gasteiger partial charge on any atom is 0.408 e. The van der Waals surface area contributed by atoms with Crippen LogP contribution in [0, 0.1) is 6.92 Å². The Morgan fingerprint density at radius 2 is 1.91 bits per heavy atom. The van der Waals surface area contributed by atoms with Crippen LogP contribution >= 0.6 is 11.8 Å². The van der Waals surface area contributed by atoms with Crippen LogP contribution in [0.3, 0.4) is 0 Å². The lowest BCUT2D eigenvalue weighted by molar-refractivity contribution is 0.0494. The second-order valence-corrected chi connectivity index (χ2v) is 9.87. The van der Waals surface area contributed by atoms with Gasteiger partial charge in [0.25, 0.3) is 5.22 Å². The molecule has 2 aromatic heterocycles. The number of carbonyl (C=O) groups is 1. The summed E-state index contributed by atoms with van der Waals surface area (Å²) in [6.45, 7) is 7.54. The summed E-state index contributed by atoms with van der Waals surface area (Å²) in [6, 6.07) is 15.8. The number of aromatic nitrogens is 3. The first-order valence-corrected chi connectivity index (χ1v) is 11.8. The molecular formula is C25H28N4O3S. The highest BCUT2D eigenvalue weighted by atomic mass is 32.2. The van der Waals surface area contributed by atoms with E-state index in [1.54, 1.807) is 0 Å². The van der Waals surface area contributed by atoms with Crippen LogP contribution in [-0.4, -0.2) is 26.9 Å². The van der Waals surface area contributed by atoms with Crippen LogP contribution in [0.15, 0.2) is 64.4 Å². The molecule has 2 heterocycles. The van der Waals surface area contributed by atoms with Crippen LogP contribution in [0.1, 0.15) is 49.4 Å². The van der Waals surface area contributed by atoms with Crippen molar-refractivity contribution in [1.29, 1.82) is 0 Å². The van der Waals surface area contributed by atoms with Crippen LogP contribution in [-0.2, 0) is 16.9 Å². The van der Waals surface area contributed by atoms with Gasteiger partial charge in [0.2, 0.25) is 5.89 Å². The lowest BCUT2D eigenvalue weighted by Gasteiger charge is -2.22. The number of thioether (sulfide) groups is 1. The number of aryl methyl sites for hydroxylation is 1. The zero-order valence-electron chi connectivity index (χ0n) is 19.2. The molecule has 4 rings (SSSR count). The van der Waals surface area contributed by atoms with E-state index >= 15 is 0 Å². The maximum atomic E-state index is 12.5. The van der Waals surface area contributed by atoms with Crippen LogP contribution in [0.5, 0.6) is 0 Å². The topological polar surface area (TPSA) is 93.0 Å². The predicted molar refractivity (Wildman–Crippen MR) is 129 cm³/mol. The van der Waals surface area contributed by atoms with E-state index in [-0.39, 0.29) is 0 Å². The largest absolute Gasteiger partial charge is 0.444 e. The third-order valence-corrected chi connectivity index (χ3v) is 5.88. The van der Waals surface area contributed by atoms with Gasteiger partial charge >= 0.3 is 6.09 Å². The number of alkyl carbamates (subject to hydrolysis) is 1. The summed E-state index contributed by atoms with van der Waals surface area (Å²) in [5.41, 5.74) is 3.85. The molecule has 2 N–H and O–H groups in total. The number of nitrogens with zero attached hydrogens (tertiary/aromatic N) is 2. The first-order chi connectivity index (χ1) is 15.8. The number of H-pyrrole nitrogens is 1. The minimum Gasteiger partial charge on any atom is -0.444 e. The Kier molecular flexibility index (Phi) is 6.74. The number of ether oxygens (including phenoxy) is 1. The molecule has 1 amide bonds. The van der Waals surface area contributed by atoms with E-state index in [1.807, 2.05) is 51.2 Å². The summed E-state index contributed by atoms with van der Waals surface area (Å²) < 4.78 is 11.4. The molecule has 0 spiro atoms. The van der Waals surface area contributed by atoms with Gasteiger partial charge in [0.05, 0.1) is 0 Å². The third kappa shape index (κ3) is 6.16. The molecule has 0 saturated carbocycles. The van der Waals surface area contributed by atoms with Crippen molar-refractivity contribution in [3.63, 3.8) is 0 Å². The standard InChI is InChI=1S/C25H28N4O3S/c1-16-9-11-17(12-10-16)15-33-24-29-28-22(31-24)21(27-23(30)32-25(2,3)4)13-18-14-26-20-8-6-5-7-19(18)20/h5-12,14,21,26H,13,15H2,1-4H3,(H,27,30). The van der Waals surface area contributed by atoms with Crippen molar-refractivity contribution in [2.75, 3.05) is 0 Å². The molecule has 1 atom stereocenters. The van der Waals surface area contributed by atoms with Gasteiger partial charge in [-0.3, -0.25) is 0 Å². The number of hydrogen-bond donors (Lipinski definition) is 2. The maximum absolute atomic E-state index is 12.5. The third-order valence-electron chi connectivity index (χ3n) is 4.99. The first-order valence-electron chi connectivity index (χ1n) is 10.8. The Labute approximate surface area is 197 Å². The number of rotatable bonds is 7. The van der Waals surface area contributed by atoms with Crippen molar-refractivity contribution in [2.24, 2.45) is 0 Å². The average Bonchev–Trinajstić information content (AvgIpc) is 3.39. The second-order valence-electron chi connectivity index (χ2n) is 8.94. The van der Waals surface area contributed by atoms with E-state index in [4.69, 9.17) is 9.15 Å². The van der Waals surface area contributed by atoms with Gasteiger partial charge in [-0.2, -0.15) is 0 Å². The molecule has 4 aromatic rings. The number of benzene rings is 2. The molecule has 0 aliphatic rings. The van der Waals surface area contributed by atoms with E-state index in [0.29, 0.717) is 23.3 Å². The van der Waals surface area contributed by atoms with Gasteiger partial charge in [-0.25, -0.2) is 4.79 Å². The van der Waals surface area contributed by atoms with Crippen LogP contribution in [0.4, 0.5) is 4.79 Å². The second kappa shape index (κ2) is 9.70. The summed E-state index contributed by atoms with van der Waals surface area (Å²) >= 11 is 1.47. The molecule has 0 aliphatic carbocycles. The van der Waals surface area contributed by atoms with E-state index in [1.165, 1.54) is 22.9 Å². The van der Waals surface area contributed by atoms with Gasteiger partial charge in [0.15, 0.2) is 0 Å². The zero-order chi connectivity index (χ0) is 23.4. The van der Waals surface area contributed by atoms with Crippen molar-refractivity contribution in [3.05, 3.63) is 77.3 Å². The van der Waals surface area contributed by atoms with Crippen LogP contribution in [0.2, 0.25) is 0 Å². The average molecular weight is 465 g/mol. The summed E-state index contributed by atoms with van der Waals surface area (Å²) in [5.74, 6) is 1.06. The van der Waals surface area contributed by atoms with Gasteiger partial charge in [0, 0.05) is 29.3 Å². The lowest BCUT2D eigenvalue weighted by atomic mass is 10.1. The number of amides is 1. The number of aromatic amines is 1. The van der Waals surface area contributed by atoms with Crippen molar-refractivity contribution in [2.45, 2.75) is 56.7 Å². The van der Waals surface area contributed by atoms with E-state index < -0.39 is 17.7 Å². The highest BCUT2D eigenvalue weighted by Crippen LogP contribution is 2.27. The van der Waals surface area contributed by atoms with Crippen molar-refractivity contribution < 1.29 is 13.9 Å². The molecule has 7 nitrogen and oxygen atoms in total. The monoisotopic (exact) mass is 464 g/mol. The van der Waals surface area contributed by atoms with Gasteiger partial charge in [-0.1, -0.05) is 59.8 Å². The Bertz CT molecular complexity index is 1220. The van der Waals surface area contributed by atoms with E-state index in [0.717, 1.165) is 16.5 Å². The fraction of sp³-hybridized carbons (Fsp3) is 0.320. The molecule has 8 heteroatoms. The molecule has 2 aromatic carbocycles. The number of carbonyl (C=O) groups excluding carboxylic acids is 1. The Morgan fingerprint density at radius 3 is 2.67 bits per heavy atom. The molecule has 33 heavy (non-hydrogen) atoms. The quantitative estimate of drug-likeness (QED) is 0.328. The predicted octanol–water partition coefficient (Wildman–Crippen LogP) is 5.96. The Balaban J connectivity index is 1.52. The first kappa shape index (κ1) is 22.9. The van der Waals surface area contributed by atoms with E-state index in [2.05, 4.69) is 51.7 Å². The molecule has 1 unspecified atom stereocenters. The number of para-hydroxylation sites is 1. The Hall–Kier alpha value is -3.26. The summed E-state index contributed by atoms with van der Waals surface area (Å²) in [5, 5.41) is 12.9. The fourth-order valence-electron chi connectivity index (χ4n) is 3.42. The van der Waals surface area contributed by atoms with Gasteiger partial charge in [-0.05, 0) is 44.9 Å². The number of fused-ring (bicyclic) bond motifs is 1. The van der Waals surface area contributed by atoms with Crippen LogP contribution < -0.4 is 5.32 Å². The van der Waals surface area contributed by atoms with Crippen molar-refractivity contribution in [1.82, 2.24) is 20.5 Å². The van der Waals surface area contributed by atoms with Gasteiger partial charge < -0.3 is 19.5 Å². The Morgan fingerprint density at radius 1 is 1.15 bits per heavy atom. The molecule has 0 aliphatic heterocycles. The zero-order valence-corrected chi connectivity index (χ0v) is 20.0. The number of hydrogen-bond acceptors (Lipinski definition) is 6. The SMILES string of the molecule is Cc1ccc(CSc2nnc(C(Cc3c[nH]c4ccccc34)NC(=O)OC(C)(C)C)o2)cc1. The molecule has 0 radical (unpaired) electrons. The normalized spacial score (nSPS) is 12.6. The summed E-state index contributed by atoms with van der Waals surface area (Å²) in [4.78, 5) is 15.8. The van der Waals surface area contributed by atoms with Gasteiger partial charge in [-0.15, -0.1) is 10.2 Å². The minimum absolute atomic E-state index is 0.345. The molecule has 0 bridgehead atoms. The highest BCUT2D eigenvalue weighted by Gasteiger charge is 2.26. The molecule has 172 valence electrons. The van der Waals surface area contributed by atoms with Gasteiger partial charge in [0.1, 0.15) is 11.6 Å². The molecular weight excluding hydrogens is 436 g/mol. The summed E-state index contributed by atoms with van der Waals surface area (Å²) in [7, 11) is 0. The fourth-order valence-corrected chi connectivity index (χ4v) is 4.14. The van der Waals surface area contributed by atoms with Crippen molar-refractivity contribution in [3.8, 4) is 0 Å². The minimum atomic E-state index is -0.612. The van der Waals surface area contributed by atoms with Crippen LogP contribution in [0.25, 0.3) is 10.9 Å². The van der Waals surface area contributed by atoms with E-state index in [9.17, 15) is 4.79 Å². The number of nitrogens with one attached hydrogen (secondary N) is 2. The lowest BCUT2D eigenvalue weighted by Crippen LogP contribution is -2.36. The summed E-state index contributed by atoms with van der Waals surface area (Å²) in [6.07, 6.45) is 1.89. The molecule has 0 saturated heterocycles. The van der Waals surface area contributed by atoms with Crippen molar-refractivity contribution >= 4 is 28.8 Å². The smallest absolute Gasteiger partial charge is 0.408 e.